The molecule has 0 amide bonds. The van der Waals surface area contributed by atoms with Crippen LogP contribution in [0.3, 0.4) is 0 Å². The van der Waals surface area contributed by atoms with Crippen LogP contribution in [0, 0.1) is 11.3 Å². The van der Waals surface area contributed by atoms with Crippen molar-refractivity contribution in [1.29, 1.82) is 5.26 Å². The summed E-state index contributed by atoms with van der Waals surface area (Å²) in [6.45, 7) is 1.92. The first kappa shape index (κ1) is 12.8. The average molecular weight is 267 g/mol. The Morgan fingerprint density at radius 2 is 2.21 bits per heavy atom. The zero-order valence-electron chi connectivity index (χ0n) is 10.7. The van der Waals surface area contributed by atoms with Crippen molar-refractivity contribution in [3.05, 3.63) is 29.0 Å². The summed E-state index contributed by atoms with van der Waals surface area (Å²) in [6, 6.07) is 4.33. The van der Waals surface area contributed by atoms with Crippen molar-refractivity contribution in [2.45, 2.75) is 29.5 Å². The first-order valence-electron chi connectivity index (χ1n) is 6.50. The van der Waals surface area contributed by atoms with Gasteiger partial charge >= 0.3 is 0 Å². The average Bonchev–Trinajstić information content (AvgIpc) is 2.83. The lowest BCUT2D eigenvalue weighted by Gasteiger charge is -2.28. The van der Waals surface area contributed by atoms with Gasteiger partial charge in [0.15, 0.2) is 7.98 Å². The van der Waals surface area contributed by atoms with Crippen LogP contribution in [-0.2, 0) is 6.42 Å². The number of piperidine rings is 1. The van der Waals surface area contributed by atoms with Crippen LogP contribution >= 0.6 is 11.8 Å². The molecule has 0 atom stereocenters. The van der Waals surface area contributed by atoms with E-state index in [0.29, 0.717) is 5.25 Å². The topological polar surface area (TPSA) is 39.9 Å². The van der Waals surface area contributed by atoms with Crippen molar-refractivity contribution >= 4 is 25.8 Å². The van der Waals surface area contributed by atoms with Gasteiger partial charge in [0, 0.05) is 23.4 Å². The molecule has 1 aliphatic carbocycles. The van der Waals surface area contributed by atoms with Gasteiger partial charge in [0.25, 0.3) is 0 Å². The van der Waals surface area contributed by atoms with Gasteiger partial charge in [-0.25, -0.2) is 4.98 Å². The van der Waals surface area contributed by atoms with E-state index in [-0.39, 0.29) is 0 Å². The van der Waals surface area contributed by atoms with Crippen molar-refractivity contribution in [3.63, 3.8) is 0 Å². The molecule has 0 unspecified atom stereocenters. The molecule has 3 nitrogen and oxygen atoms in total. The van der Waals surface area contributed by atoms with Crippen LogP contribution in [-0.4, -0.2) is 36.1 Å². The highest BCUT2D eigenvalue weighted by molar-refractivity contribution is 7.99. The SMILES string of the molecule is [B]N1CCC(Sc2cc3c(cn2)CC(C#N)=C3)CC1. The molecule has 1 aliphatic heterocycles. The maximum Gasteiger partial charge on any atom is 0.182 e. The fourth-order valence-corrected chi connectivity index (χ4v) is 3.60. The second kappa shape index (κ2) is 5.40. The number of hydrogen-bond acceptors (Lipinski definition) is 4. The van der Waals surface area contributed by atoms with Gasteiger partial charge in [-0.1, -0.05) is 0 Å². The van der Waals surface area contributed by atoms with E-state index in [1.807, 2.05) is 28.8 Å². The lowest BCUT2D eigenvalue weighted by atomic mass is 10.1. The lowest BCUT2D eigenvalue weighted by Crippen LogP contribution is -2.32. The molecular formula is C14H14BN3S. The molecule has 1 aromatic heterocycles. The fourth-order valence-electron chi connectivity index (χ4n) is 2.51. The standard InChI is InChI=1S/C14H14BN3S/c15-18-3-1-13(2-4-18)19-14-7-11-5-10(8-16)6-12(11)9-17-14/h5,7,9,13H,1-4,6H2. The number of nitrogens with zero attached hydrogens (tertiary/aromatic N) is 3. The minimum absolute atomic E-state index is 0.603. The van der Waals surface area contributed by atoms with Crippen molar-refractivity contribution in [1.82, 2.24) is 9.79 Å². The molecule has 1 aromatic rings. The molecule has 94 valence electrons. The Kier molecular flexibility index (Phi) is 3.63. The van der Waals surface area contributed by atoms with Crippen molar-refractivity contribution < 1.29 is 0 Å². The van der Waals surface area contributed by atoms with Crippen LogP contribution in [0.15, 0.2) is 22.9 Å². The molecular weight excluding hydrogens is 253 g/mol. The Labute approximate surface area is 119 Å². The summed E-state index contributed by atoms with van der Waals surface area (Å²) in [5, 5.41) is 10.6. The highest BCUT2D eigenvalue weighted by Crippen LogP contribution is 2.32. The molecule has 0 bridgehead atoms. The fraction of sp³-hybridized carbons (Fsp3) is 0.429. The Hall–Kier alpha value is -1.25. The number of aromatic nitrogens is 1. The normalized spacial score (nSPS) is 19.8. The number of hydrogen-bond donors (Lipinski definition) is 0. The molecule has 2 radical (unpaired) electrons. The minimum Gasteiger partial charge on any atom is -0.353 e. The van der Waals surface area contributed by atoms with E-state index >= 15 is 0 Å². The molecule has 5 heteroatoms. The minimum atomic E-state index is 0.603. The zero-order chi connectivity index (χ0) is 13.2. The smallest absolute Gasteiger partial charge is 0.182 e. The summed E-state index contributed by atoms with van der Waals surface area (Å²) < 4.78 is 0. The predicted octanol–water partition coefficient (Wildman–Crippen LogP) is 2.18. The van der Waals surface area contributed by atoms with Crippen molar-refractivity contribution in [2.75, 3.05) is 13.1 Å². The van der Waals surface area contributed by atoms with Crippen LogP contribution in [0.25, 0.3) is 6.08 Å². The maximum atomic E-state index is 8.93. The number of nitriles is 1. The van der Waals surface area contributed by atoms with E-state index in [4.69, 9.17) is 13.2 Å². The van der Waals surface area contributed by atoms with Crippen LogP contribution < -0.4 is 0 Å². The highest BCUT2D eigenvalue weighted by atomic mass is 32.2. The van der Waals surface area contributed by atoms with Crippen LogP contribution in [0.2, 0.25) is 0 Å². The third kappa shape index (κ3) is 2.85. The van der Waals surface area contributed by atoms with Gasteiger partial charge in [-0.05, 0) is 49.2 Å². The molecule has 0 saturated carbocycles. The molecule has 0 N–H and O–H groups in total. The monoisotopic (exact) mass is 267 g/mol. The van der Waals surface area contributed by atoms with Gasteiger partial charge in [0.1, 0.15) is 0 Å². The van der Waals surface area contributed by atoms with Crippen molar-refractivity contribution in [2.24, 2.45) is 0 Å². The quantitative estimate of drug-likeness (QED) is 0.770. The maximum absolute atomic E-state index is 8.93. The van der Waals surface area contributed by atoms with Crippen LogP contribution in [0.4, 0.5) is 0 Å². The second-order valence-electron chi connectivity index (χ2n) is 5.03. The van der Waals surface area contributed by atoms with Crippen LogP contribution in [0.5, 0.6) is 0 Å². The summed E-state index contributed by atoms with van der Waals surface area (Å²) in [5.74, 6) is 0. The van der Waals surface area contributed by atoms with E-state index in [2.05, 4.69) is 17.1 Å². The number of fused-ring (bicyclic) bond motifs is 1. The van der Waals surface area contributed by atoms with Gasteiger partial charge in [-0.15, -0.1) is 11.8 Å². The number of pyridine rings is 1. The van der Waals surface area contributed by atoms with Crippen molar-refractivity contribution in [3.8, 4) is 6.07 Å². The summed E-state index contributed by atoms with van der Waals surface area (Å²) >= 11 is 1.84. The van der Waals surface area contributed by atoms with E-state index in [1.54, 1.807) is 0 Å². The van der Waals surface area contributed by atoms with Gasteiger partial charge in [0.05, 0.1) is 11.1 Å². The molecule has 1 saturated heterocycles. The molecule has 2 heterocycles. The predicted molar refractivity (Wildman–Crippen MR) is 77.7 cm³/mol. The Balaban J connectivity index is 1.70. The molecule has 0 aromatic carbocycles. The first-order valence-corrected chi connectivity index (χ1v) is 7.38. The number of thioether (sulfide) groups is 1. The van der Waals surface area contributed by atoms with E-state index in [1.165, 1.54) is 0 Å². The van der Waals surface area contributed by atoms with Gasteiger partial charge < -0.3 is 4.81 Å². The number of rotatable bonds is 2. The highest BCUT2D eigenvalue weighted by Gasteiger charge is 2.19. The Morgan fingerprint density at radius 3 is 2.95 bits per heavy atom. The third-order valence-corrected chi connectivity index (χ3v) is 4.89. The van der Waals surface area contributed by atoms with E-state index in [0.717, 1.165) is 54.1 Å². The van der Waals surface area contributed by atoms with E-state index < -0.39 is 0 Å². The molecule has 1 fully saturated rings. The molecule has 2 aliphatic rings. The Morgan fingerprint density at radius 1 is 1.42 bits per heavy atom. The zero-order valence-corrected chi connectivity index (χ0v) is 11.5. The molecule has 0 spiro atoms. The number of allylic oxidation sites excluding steroid dienone is 1. The van der Waals surface area contributed by atoms with Gasteiger partial charge in [-0.3, -0.25) is 0 Å². The second-order valence-corrected chi connectivity index (χ2v) is 6.35. The van der Waals surface area contributed by atoms with Gasteiger partial charge in [-0.2, -0.15) is 5.26 Å². The Bertz CT molecular complexity index is 556. The van der Waals surface area contributed by atoms with E-state index in [9.17, 15) is 0 Å². The summed E-state index contributed by atoms with van der Waals surface area (Å²) in [4.78, 5) is 6.39. The summed E-state index contributed by atoms with van der Waals surface area (Å²) in [5.41, 5.74) is 3.15. The van der Waals surface area contributed by atoms with Crippen LogP contribution in [0.1, 0.15) is 24.0 Å². The summed E-state index contributed by atoms with van der Waals surface area (Å²) in [7, 11) is 5.76. The molecule has 3 rings (SSSR count). The first-order chi connectivity index (χ1) is 9.24. The lowest BCUT2D eigenvalue weighted by molar-refractivity contribution is 0.374. The molecule has 19 heavy (non-hydrogen) atoms. The largest absolute Gasteiger partial charge is 0.353 e. The third-order valence-electron chi connectivity index (χ3n) is 3.62. The van der Waals surface area contributed by atoms with Gasteiger partial charge in [0.2, 0.25) is 0 Å². The summed E-state index contributed by atoms with van der Waals surface area (Å²) in [6.07, 6.45) is 6.84.